The summed E-state index contributed by atoms with van der Waals surface area (Å²) in [5, 5.41) is 2.85. The molecule has 7 heteroatoms. The lowest BCUT2D eigenvalue weighted by Crippen LogP contribution is -2.50. The van der Waals surface area contributed by atoms with Crippen molar-refractivity contribution >= 4 is 11.8 Å². The standard InChI is InChI=1S/C14H20N4O3/c1-9-4-5-11(13(20)16-9)14(21)17-10-3-2-6-18(7-10)8-12(15)19/h4-5,10H,2-3,6-8H2,1H3,(H2,15,19)(H,16,20)(H,17,21)/t10-/m1/s1. The second kappa shape index (κ2) is 6.53. The predicted octanol–water partition coefficient (Wildman–Crippen LogP) is -0.637. The van der Waals surface area contributed by atoms with Crippen LogP contribution in [-0.2, 0) is 4.79 Å². The van der Waals surface area contributed by atoms with Crippen molar-refractivity contribution < 1.29 is 9.59 Å². The van der Waals surface area contributed by atoms with Crippen molar-refractivity contribution in [2.75, 3.05) is 19.6 Å². The molecule has 2 heterocycles. The summed E-state index contributed by atoms with van der Waals surface area (Å²) in [6, 6.07) is 3.13. The summed E-state index contributed by atoms with van der Waals surface area (Å²) in [7, 11) is 0. The molecule has 1 atom stereocenters. The first-order valence-electron chi connectivity index (χ1n) is 6.97. The van der Waals surface area contributed by atoms with Gasteiger partial charge in [0.05, 0.1) is 6.54 Å². The van der Waals surface area contributed by atoms with Crippen LogP contribution in [0.4, 0.5) is 0 Å². The first kappa shape index (κ1) is 15.2. The second-order valence-corrected chi connectivity index (χ2v) is 5.40. The highest BCUT2D eigenvalue weighted by Crippen LogP contribution is 2.10. The number of aryl methyl sites for hydroxylation is 1. The third kappa shape index (κ3) is 4.16. The molecule has 1 aromatic heterocycles. The average molecular weight is 292 g/mol. The molecule has 0 radical (unpaired) electrons. The molecule has 1 aliphatic rings. The van der Waals surface area contributed by atoms with Gasteiger partial charge in [0, 0.05) is 18.3 Å². The Bertz CT molecular complexity index is 596. The van der Waals surface area contributed by atoms with Crippen molar-refractivity contribution in [1.29, 1.82) is 0 Å². The summed E-state index contributed by atoms with van der Waals surface area (Å²) in [4.78, 5) is 39.3. The summed E-state index contributed by atoms with van der Waals surface area (Å²) < 4.78 is 0. The zero-order chi connectivity index (χ0) is 15.4. The van der Waals surface area contributed by atoms with Crippen LogP contribution < -0.4 is 16.6 Å². The number of amides is 2. The van der Waals surface area contributed by atoms with Gasteiger partial charge in [-0.25, -0.2) is 0 Å². The van der Waals surface area contributed by atoms with Gasteiger partial charge in [0.2, 0.25) is 5.91 Å². The highest BCUT2D eigenvalue weighted by Gasteiger charge is 2.23. The van der Waals surface area contributed by atoms with E-state index in [0.29, 0.717) is 12.2 Å². The van der Waals surface area contributed by atoms with Gasteiger partial charge in [0.15, 0.2) is 0 Å². The maximum atomic E-state index is 12.1. The Morgan fingerprint density at radius 1 is 1.48 bits per heavy atom. The molecule has 0 aromatic carbocycles. The number of nitrogens with zero attached hydrogens (tertiary/aromatic N) is 1. The van der Waals surface area contributed by atoms with E-state index in [9.17, 15) is 14.4 Å². The van der Waals surface area contributed by atoms with Gasteiger partial charge >= 0.3 is 0 Å². The second-order valence-electron chi connectivity index (χ2n) is 5.40. The number of hydrogen-bond donors (Lipinski definition) is 3. The molecule has 0 spiro atoms. The van der Waals surface area contributed by atoms with Gasteiger partial charge in [-0.15, -0.1) is 0 Å². The Balaban J connectivity index is 1.99. The minimum atomic E-state index is -0.391. The van der Waals surface area contributed by atoms with Crippen molar-refractivity contribution in [3.8, 4) is 0 Å². The molecule has 0 aliphatic carbocycles. The summed E-state index contributed by atoms with van der Waals surface area (Å²) in [6.07, 6.45) is 1.70. The van der Waals surface area contributed by atoms with Gasteiger partial charge in [0.25, 0.3) is 11.5 Å². The number of likely N-dealkylation sites (tertiary alicyclic amines) is 1. The van der Waals surface area contributed by atoms with E-state index in [1.54, 1.807) is 13.0 Å². The van der Waals surface area contributed by atoms with Crippen LogP contribution in [0.1, 0.15) is 28.9 Å². The summed E-state index contributed by atoms with van der Waals surface area (Å²) in [6.45, 7) is 3.31. The Morgan fingerprint density at radius 2 is 2.24 bits per heavy atom. The quantitative estimate of drug-likeness (QED) is 0.686. The molecular weight excluding hydrogens is 272 g/mol. The molecule has 1 saturated heterocycles. The molecule has 0 saturated carbocycles. The average Bonchev–Trinajstić information content (AvgIpc) is 2.37. The number of primary amides is 1. The number of carbonyl (C=O) groups is 2. The highest BCUT2D eigenvalue weighted by atomic mass is 16.2. The van der Waals surface area contributed by atoms with Crippen LogP contribution in [0.25, 0.3) is 0 Å². The number of carbonyl (C=O) groups excluding carboxylic acids is 2. The van der Waals surface area contributed by atoms with Crippen LogP contribution in [0.15, 0.2) is 16.9 Å². The number of aromatic nitrogens is 1. The number of nitrogens with one attached hydrogen (secondary N) is 2. The lowest BCUT2D eigenvalue weighted by molar-refractivity contribution is -0.119. The number of H-pyrrole nitrogens is 1. The highest BCUT2D eigenvalue weighted by molar-refractivity contribution is 5.94. The molecule has 7 nitrogen and oxygen atoms in total. The van der Waals surface area contributed by atoms with Crippen LogP contribution in [0, 0.1) is 6.92 Å². The van der Waals surface area contributed by atoms with E-state index in [4.69, 9.17) is 5.73 Å². The van der Waals surface area contributed by atoms with E-state index < -0.39 is 5.56 Å². The van der Waals surface area contributed by atoms with Crippen molar-refractivity contribution in [3.05, 3.63) is 33.7 Å². The maximum absolute atomic E-state index is 12.1. The van der Waals surface area contributed by atoms with E-state index >= 15 is 0 Å². The van der Waals surface area contributed by atoms with Crippen LogP contribution in [0.3, 0.4) is 0 Å². The van der Waals surface area contributed by atoms with E-state index in [1.165, 1.54) is 6.07 Å². The zero-order valence-corrected chi connectivity index (χ0v) is 12.0. The summed E-state index contributed by atoms with van der Waals surface area (Å²) in [5.74, 6) is -0.765. The summed E-state index contributed by atoms with van der Waals surface area (Å²) in [5.41, 5.74) is 5.60. The molecule has 1 fully saturated rings. The van der Waals surface area contributed by atoms with Gasteiger partial charge < -0.3 is 16.0 Å². The Labute approximate surface area is 122 Å². The first-order chi connectivity index (χ1) is 9.95. The number of hydrogen-bond acceptors (Lipinski definition) is 4. The molecule has 0 unspecified atom stereocenters. The molecule has 4 N–H and O–H groups in total. The van der Waals surface area contributed by atoms with E-state index in [1.807, 2.05) is 4.90 Å². The minimum Gasteiger partial charge on any atom is -0.369 e. The SMILES string of the molecule is Cc1ccc(C(=O)N[C@@H]2CCCN(CC(N)=O)C2)c(=O)[nH]1. The van der Waals surface area contributed by atoms with Crippen molar-refractivity contribution in [1.82, 2.24) is 15.2 Å². The smallest absolute Gasteiger partial charge is 0.260 e. The molecule has 1 aliphatic heterocycles. The van der Waals surface area contributed by atoms with Gasteiger partial charge in [0.1, 0.15) is 5.56 Å². The number of pyridine rings is 1. The fourth-order valence-electron chi connectivity index (χ4n) is 2.55. The van der Waals surface area contributed by atoms with Gasteiger partial charge in [-0.05, 0) is 38.4 Å². The molecular formula is C14H20N4O3. The number of nitrogens with two attached hydrogens (primary N) is 1. The van der Waals surface area contributed by atoms with Crippen LogP contribution in [0.5, 0.6) is 0 Å². The van der Waals surface area contributed by atoms with Gasteiger partial charge in [-0.3, -0.25) is 19.3 Å². The Kier molecular flexibility index (Phi) is 4.74. The van der Waals surface area contributed by atoms with E-state index in [0.717, 1.165) is 19.4 Å². The number of rotatable bonds is 4. The zero-order valence-electron chi connectivity index (χ0n) is 12.0. The van der Waals surface area contributed by atoms with Crippen molar-refractivity contribution in [2.24, 2.45) is 5.73 Å². The third-order valence-electron chi connectivity index (χ3n) is 3.52. The van der Waals surface area contributed by atoms with Crippen LogP contribution in [-0.4, -0.2) is 47.4 Å². The molecule has 114 valence electrons. The van der Waals surface area contributed by atoms with Gasteiger partial charge in [-0.1, -0.05) is 0 Å². The van der Waals surface area contributed by atoms with Crippen molar-refractivity contribution in [2.45, 2.75) is 25.8 Å². The Morgan fingerprint density at radius 3 is 2.90 bits per heavy atom. The molecule has 1 aromatic rings. The number of aromatic amines is 1. The number of piperidine rings is 1. The minimum absolute atomic E-state index is 0.0775. The van der Waals surface area contributed by atoms with Gasteiger partial charge in [-0.2, -0.15) is 0 Å². The topological polar surface area (TPSA) is 108 Å². The molecule has 21 heavy (non-hydrogen) atoms. The fraction of sp³-hybridized carbons (Fsp3) is 0.500. The lowest BCUT2D eigenvalue weighted by Gasteiger charge is -2.32. The van der Waals surface area contributed by atoms with E-state index in [2.05, 4.69) is 10.3 Å². The normalized spacial score (nSPS) is 19.2. The predicted molar refractivity (Wildman–Crippen MR) is 77.9 cm³/mol. The molecule has 2 rings (SSSR count). The fourth-order valence-corrected chi connectivity index (χ4v) is 2.55. The van der Waals surface area contributed by atoms with Crippen LogP contribution in [0.2, 0.25) is 0 Å². The third-order valence-corrected chi connectivity index (χ3v) is 3.52. The Hall–Kier alpha value is -2.15. The van der Waals surface area contributed by atoms with Crippen LogP contribution >= 0.6 is 0 Å². The van der Waals surface area contributed by atoms with E-state index in [-0.39, 0.29) is 30.0 Å². The lowest BCUT2D eigenvalue weighted by atomic mass is 10.1. The van der Waals surface area contributed by atoms with Crippen molar-refractivity contribution in [3.63, 3.8) is 0 Å². The largest absolute Gasteiger partial charge is 0.369 e. The maximum Gasteiger partial charge on any atom is 0.260 e. The summed E-state index contributed by atoms with van der Waals surface area (Å²) >= 11 is 0. The molecule has 0 bridgehead atoms. The first-order valence-corrected chi connectivity index (χ1v) is 6.97. The monoisotopic (exact) mass is 292 g/mol. The molecule has 2 amide bonds.